The number of hydrogen-bond donors (Lipinski definition) is 1. The first-order chi connectivity index (χ1) is 9.99. The van der Waals surface area contributed by atoms with Gasteiger partial charge in [0.05, 0.1) is 0 Å². The Hall–Kier alpha value is -1.39. The number of rotatable bonds is 5. The Morgan fingerprint density at radius 1 is 1.24 bits per heavy atom. The first-order valence-corrected chi connectivity index (χ1v) is 7.94. The highest BCUT2D eigenvalue weighted by atomic mass is 79.9. The lowest BCUT2D eigenvalue weighted by molar-refractivity contribution is 0.454. The van der Waals surface area contributed by atoms with Crippen LogP contribution in [0.25, 0.3) is 0 Å². The average molecular weight is 349 g/mol. The van der Waals surface area contributed by atoms with Crippen LogP contribution in [0.1, 0.15) is 30.0 Å². The number of halogens is 1. The smallest absolute Gasteiger partial charge is 0.222 e. The number of pyridine rings is 1. The first-order valence-electron chi connectivity index (χ1n) is 7.14. The molecule has 0 fully saturated rings. The first kappa shape index (κ1) is 16.0. The minimum Gasteiger partial charge on any atom is -0.438 e. The van der Waals surface area contributed by atoms with Gasteiger partial charge in [0.2, 0.25) is 5.88 Å². The van der Waals surface area contributed by atoms with Crippen molar-refractivity contribution in [3.8, 4) is 11.6 Å². The van der Waals surface area contributed by atoms with Gasteiger partial charge in [-0.05, 0) is 62.1 Å². The van der Waals surface area contributed by atoms with E-state index in [2.05, 4.69) is 33.9 Å². The van der Waals surface area contributed by atoms with Gasteiger partial charge < -0.3 is 10.5 Å². The molecule has 3 nitrogen and oxygen atoms in total. The molecule has 0 bridgehead atoms. The molecule has 0 saturated heterocycles. The molecule has 0 amide bonds. The third-order valence-corrected chi connectivity index (χ3v) is 3.95. The summed E-state index contributed by atoms with van der Waals surface area (Å²) in [5.41, 5.74) is 9.24. The lowest BCUT2D eigenvalue weighted by Gasteiger charge is -2.13. The monoisotopic (exact) mass is 348 g/mol. The molecule has 1 atom stereocenters. The lowest BCUT2D eigenvalue weighted by Crippen LogP contribution is -2.21. The lowest BCUT2D eigenvalue weighted by atomic mass is 10.1. The number of aromatic nitrogens is 1. The van der Waals surface area contributed by atoms with Crippen LogP contribution in [0, 0.1) is 13.8 Å². The van der Waals surface area contributed by atoms with Crippen molar-refractivity contribution in [1.29, 1.82) is 0 Å². The van der Waals surface area contributed by atoms with Gasteiger partial charge in [-0.1, -0.05) is 22.9 Å². The summed E-state index contributed by atoms with van der Waals surface area (Å²) in [6, 6.07) is 8.23. The summed E-state index contributed by atoms with van der Waals surface area (Å²) in [6.07, 6.45) is 3.67. The molecule has 1 heterocycles. The van der Waals surface area contributed by atoms with Gasteiger partial charge in [0.15, 0.2) is 0 Å². The fraction of sp³-hybridized carbons (Fsp3) is 0.353. The second-order valence-corrected chi connectivity index (χ2v) is 6.27. The summed E-state index contributed by atoms with van der Waals surface area (Å²) in [6.45, 7) is 6.13. The van der Waals surface area contributed by atoms with Crippen molar-refractivity contribution in [2.75, 3.05) is 0 Å². The third-order valence-electron chi connectivity index (χ3n) is 3.45. The van der Waals surface area contributed by atoms with Crippen molar-refractivity contribution < 1.29 is 4.74 Å². The third kappa shape index (κ3) is 4.29. The van der Waals surface area contributed by atoms with Gasteiger partial charge in [-0.3, -0.25) is 0 Å². The zero-order valence-corrected chi connectivity index (χ0v) is 14.3. The molecule has 1 unspecified atom stereocenters. The van der Waals surface area contributed by atoms with Gasteiger partial charge in [0.1, 0.15) is 5.75 Å². The molecule has 0 radical (unpaired) electrons. The normalized spacial score (nSPS) is 12.2. The maximum absolute atomic E-state index is 5.99. The summed E-state index contributed by atoms with van der Waals surface area (Å²) >= 11 is 3.45. The molecule has 21 heavy (non-hydrogen) atoms. The highest BCUT2D eigenvalue weighted by Gasteiger charge is 2.08. The highest BCUT2D eigenvalue weighted by molar-refractivity contribution is 9.10. The quantitative estimate of drug-likeness (QED) is 0.863. The van der Waals surface area contributed by atoms with E-state index in [-0.39, 0.29) is 6.04 Å². The second-order valence-electron chi connectivity index (χ2n) is 5.35. The van der Waals surface area contributed by atoms with Crippen LogP contribution in [0.3, 0.4) is 0 Å². The Balaban J connectivity index is 2.17. The van der Waals surface area contributed by atoms with E-state index in [9.17, 15) is 0 Å². The molecule has 2 aromatic rings. The number of benzene rings is 1. The summed E-state index contributed by atoms with van der Waals surface area (Å²) in [5, 5.41) is 0. The van der Waals surface area contributed by atoms with Crippen LogP contribution in [-0.4, -0.2) is 11.0 Å². The number of aryl methyl sites for hydroxylation is 2. The van der Waals surface area contributed by atoms with Crippen LogP contribution >= 0.6 is 15.9 Å². The van der Waals surface area contributed by atoms with Gasteiger partial charge >= 0.3 is 0 Å². The standard InChI is InChI=1S/C17H21BrN2O/c1-4-15(19)9-13-7-12(3)17(20-10-13)21-16-6-5-14(18)8-11(16)2/h5-8,10,15H,4,9,19H2,1-3H3. The molecule has 0 aliphatic rings. The van der Waals surface area contributed by atoms with E-state index in [0.717, 1.165) is 39.8 Å². The topological polar surface area (TPSA) is 48.1 Å². The molecular formula is C17H21BrN2O. The van der Waals surface area contributed by atoms with Crippen LogP contribution in [0.2, 0.25) is 0 Å². The number of ether oxygens (including phenoxy) is 1. The molecule has 1 aromatic heterocycles. The Kier molecular flexibility index (Phi) is 5.37. The summed E-state index contributed by atoms with van der Waals surface area (Å²) in [5.74, 6) is 1.47. The van der Waals surface area contributed by atoms with Crippen molar-refractivity contribution in [3.05, 3.63) is 51.6 Å². The van der Waals surface area contributed by atoms with Crippen LogP contribution < -0.4 is 10.5 Å². The Bertz CT molecular complexity index is 628. The molecular weight excluding hydrogens is 328 g/mol. The van der Waals surface area contributed by atoms with E-state index >= 15 is 0 Å². The maximum atomic E-state index is 5.99. The fourth-order valence-corrected chi connectivity index (χ4v) is 2.59. The minimum atomic E-state index is 0.187. The molecule has 4 heteroatoms. The summed E-state index contributed by atoms with van der Waals surface area (Å²) in [4.78, 5) is 4.43. The van der Waals surface area contributed by atoms with E-state index < -0.39 is 0 Å². The Morgan fingerprint density at radius 2 is 2.00 bits per heavy atom. The van der Waals surface area contributed by atoms with Gasteiger partial charge in [-0.2, -0.15) is 0 Å². The molecule has 1 aromatic carbocycles. The van der Waals surface area contributed by atoms with Crippen LogP contribution in [0.5, 0.6) is 11.6 Å². The fourth-order valence-electron chi connectivity index (χ4n) is 2.12. The molecule has 0 aliphatic carbocycles. The molecule has 2 N–H and O–H groups in total. The summed E-state index contributed by atoms with van der Waals surface area (Å²) < 4.78 is 6.96. The predicted molar refractivity (Wildman–Crippen MR) is 89.9 cm³/mol. The average Bonchev–Trinajstić information content (AvgIpc) is 2.44. The van der Waals surface area contributed by atoms with Crippen molar-refractivity contribution in [1.82, 2.24) is 4.98 Å². The van der Waals surface area contributed by atoms with E-state index in [1.807, 2.05) is 38.2 Å². The molecule has 2 rings (SSSR count). The second kappa shape index (κ2) is 7.05. The SMILES string of the molecule is CCC(N)Cc1cnc(Oc2ccc(Br)cc2C)c(C)c1. The Labute approximate surface area is 134 Å². The Morgan fingerprint density at radius 3 is 2.62 bits per heavy atom. The summed E-state index contributed by atoms with van der Waals surface area (Å²) in [7, 11) is 0. The van der Waals surface area contributed by atoms with Crippen LogP contribution in [0.4, 0.5) is 0 Å². The van der Waals surface area contributed by atoms with Crippen molar-refractivity contribution in [3.63, 3.8) is 0 Å². The van der Waals surface area contributed by atoms with Gasteiger partial charge in [0, 0.05) is 22.3 Å². The minimum absolute atomic E-state index is 0.187. The van der Waals surface area contributed by atoms with Crippen molar-refractivity contribution >= 4 is 15.9 Å². The number of nitrogens with zero attached hydrogens (tertiary/aromatic N) is 1. The van der Waals surface area contributed by atoms with E-state index in [0.29, 0.717) is 5.88 Å². The van der Waals surface area contributed by atoms with Gasteiger partial charge in [-0.25, -0.2) is 4.98 Å². The maximum Gasteiger partial charge on any atom is 0.222 e. The zero-order chi connectivity index (χ0) is 15.4. The van der Waals surface area contributed by atoms with Crippen molar-refractivity contribution in [2.24, 2.45) is 5.73 Å². The van der Waals surface area contributed by atoms with E-state index in [1.54, 1.807) is 0 Å². The van der Waals surface area contributed by atoms with Gasteiger partial charge in [0.25, 0.3) is 0 Å². The zero-order valence-electron chi connectivity index (χ0n) is 12.7. The predicted octanol–water partition coefficient (Wildman–Crippen LogP) is 4.53. The number of hydrogen-bond acceptors (Lipinski definition) is 3. The highest BCUT2D eigenvalue weighted by Crippen LogP contribution is 2.28. The van der Waals surface area contributed by atoms with Gasteiger partial charge in [-0.15, -0.1) is 0 Å². The number of nitrogens with two attached hydrogens (primary N) is 1. The molecule has 0 spiro atoms. The van der Waals surface area contributed by atoms with Crippen molar-refractivity contribution in [2.45, 2.75) is 39.7 Å². The molecule has 0 aliphatic heterocycles. The van der Waals surface area contributed by atoms with E-state index in [4.69, 9.17) is 10.5 Å². The molecule has 112 valence electrons. The molecule has 0 saturated carbocycles. The van der Waals surface area contributed by atoms with E-state index in [1.165, 1.54) is 0 Å². The van der Waals surface area contributed by atoms with Crippen LogP contribution in [0.15, 0.2) is 34.9 Å². The van der Waals surface area contributed by atoms with Crippen LogP contribution in [-0.2, 0) is 6.42 Å². The largest absolute Gasteiger partial charge is 0.438 e.